The molecule has 434 valence electrons. The number of methoxy groups -OCH3 is 3. The Morgan fingerprint density at radius 3 is 2.04 bits per heavy atom. The maximum atomic E-state index is 14.4. The zero-order chi connectivity index (χ0) is 56.1. The first kappa shape index (κ1) is 59.5. The van der Waals surface area contributed by atoms with Crippen molar-refractivity contribution in [3.63, 3.8) is 0 Å². The SMILES string of the molecule is COc1cc(C(=O)O[C@H]2[C@H](O[C@@H]3[C@@H](OC(C)=O)[C@H](O[C@H]4C[C@H]5[C@@H]6CC=C7C[C@@H](O[C@@H]8O[C@H](CO)[C@@H](O)[C@H](O)[C@H]8O)CC[C@]7(C)[C@H]6CC[C@]5(C)[C@@]4(O)[C@@H](C)C(=O)CCC(C)C)OC[C@@H]3O)OC[C@@H](O)[C@@H]2O)cc(OC)c1OC. The fourth-order valence-corrected chi connectivity index (χ4v) is 14.0. The number of aliphatic hydroxyl groups is 8. The second-order valence-electron chi connectivity index (χ2n) is 23.2. The fourth-order valence-electron chi connectivity index (χ4n) is 14.0. The molecule has 1 aromatic carbocycles. The summed E-state index contributed by atoms with van der Waals surface area (Å²) in [5, 5.41) is 88.6. The molecule has 8 rings (SSSR count). The van der Waals surface area contributed by atoms with E-state index in [4.69, 9.17) is 52.1 Å². The number of carbonyl (C=O) groups is 3. The van der Waals surface area contributed by atoms with E-state index in [0.717, 1.165) is 19.8 Å². The largest absolute Gasteiger partial charge is 0.493 e. The van der Waals surface area contributed by atoms with Crippen LogP contribution in [-0.2, 0) is 47.5 Å². The maximum Gasteiger partial charge on any atom is 0.338 e. The number of ketones is 1. The third-order valence-corrected chi connectivity index (χ3v) is 18.5. The minimum Gasteiger partial charge on any atom is -0.493 e. The molecule has 22 atom stereocenters. The number of esters is 2. The first-order chi connectivity index (χ1) is 36.4. The number of carbonyl (C=O) groups excluding carboxylic acids is 3. The van der Waals surface area contributed by atoms with Gasteiger partial charge in [-0.1, -0.05) is 46.3 Å². The molecule has 6 fully saturated rings. The Bertz CT molecular complexity index is 2250. The highest BCUT2D eigenvalue weighted by atomic mass is 16.8. The summed E-state index contributed by atoms with van der Waals surface area (Å²) < 4.78 is 65.0. The second kappa shape index (κ2) is 23.9. The van der Waals surface area contributed by atoms with E-state index < -0.39 is 135 Å². The third kappa shape index (κ3) is 11.2. The van der Waals surface area contributed by atoms with Crippen LogP contribution in [0.25, 0.3) is 0 Å². The Kier molecular flexibility index (Phi) is 18.4. The Morgan fingerprint density at radius 1 is 0.753 bits per heavy atom. The van der Waals surface area contributed by atoms with Crippen LogP contribution in [0, 0.1) is 40.4 Å². The topological polar surface area (TPSA) is 315 Å². The average molecular weight is 1100 g/mol. The van der Waals surface area contributed by atoms with Gasteiger partial charge in [-0.25, -0.2) is 4.79 Å². The summed E-state index contributed by atoms with van der Waals surface area (Å²) in [4.78, 5) is 41.2. The van der Waals surface area contributed by atoms with Crippen molar-refractivity contribution in [2.45, 2.75) is 197 Å². The van der Waals surface area contributed by atoms with Crippen molar-refractivity contribution in [1.29, 1.82) is 0 Å². The van der Waals surface area contributed by atoms with Crippen LogP contribution >= 0.6 is 0 Å². The standard InChI is InChI=1S/C55H82O22/c1-25(2)10-13-34(58)26(3)55(66)40(21-33-31-12-11-29-20-30(14-16-53(29,5)32(31)15-17-54(33,55)6)73-50-44(64)43(63)42(62)39(22-56)74-50)75-52-48(72-27(4)57)45(36(60)24-71-52)77-51-47(41(61)35(59)23-70-51)76-49(65)28-18-37(67-7)46(69-9)38(19-28)68-8/h11,18-19,25-26,30-33,35-36,39-45,47-48,50-52,56,59-64,66H,10,12-17,20-24H2,1-9H3/t26-,30-,31+,32-,33-,35+,36-,39+,40-,41-,42+,43-,44+,45-,47+,48+,50+,51-,52-,53-,54-,55+/m0/s1. The van der Waals surface area contributed by atoms with E-state index in [2.05, 4.69) is 13.0 Å². The van der Waals surface area contributed by atoms with Gasteiger partial charge < -0.3 is 93.0 Å². The van der Waals surface area contributed by atoms with E-state index in [0.29, 0.717) is 32.1 Å². The third-order valence-electron chi connectivity index (χ3n) is 18.5. The van der Waals surface area contributed by atoms with Gasteiger partial charge in [-0.2, -0.15) is 0 Å². The minimum atomic E-state index is -1.78. The molecule has 8 N–H and O–H groups in total. The van der Waals surface area contributed by atoms with Crippen molar-refractivity contribution in [3.05, 3.63) is 29.3 Å². The number of aliphatic hydroxyl groups excluding tert-OH is 7. The van der Waals surface area contributed by atoms with Gasteiger partial charge in [0.15, 0.2) is 42.6 Å². The number of benzene rings is 1. The van der Waals surface area contributed by atoms with Gasteiger partial charge in [0.25, 0.3) is 0 Å². The monoisotopic (exact) mass is 1090 g/mol. The van der Waals surface area contributed by atoms with Crippen LogP contribution < -0.4 is 14.2 Å². The highest BCUT2D eigenvalue weighted by Crippen LogP contribution is 2.69. The number of rotatable bonds is 18. The van der Waals surface area contributed by atoms with Crippen molar-refractivity contribution < 1.29 is 107 Å². The molecule has 3 saturated heterocycles. The zero-order valence-corrected chi connectivity index (χ0v) is 45.6. The number of Topliss-reactive ketones (excluding diaryl/α,β-unsaturated/α-hetero) is 1. The zero-order valence-electron chi connectivity index (χ0n) is 45.6. The molecule has 0 aromatic heterocycles. The average Bonchev–Trinajstić information content (AvgIpc) is 3.85. The number of allylic oxidation sites excluding steroid dienone is 1. The summed E-state index contributed by atoms with van der Waals surface area (Å²) in [6.45, 7) is 9.76. The molecule has 3 aliphatic heterocycles. The number of hydrogen-bond acceptors (Lipinski definition) is 22. The molecular weight excluding hydrogens is 1010 g/mol. The maximum absolute atomic E-state index is 14.4. The minimum absolute atomic E-state index is 0.0305. The molecule has 0 amide bonds. The van der Waals surface area contributed by atoms with Gasteiger partial charge in [-0.15, -0.1) is 0 Å². The summed E-state index contributed by atoms with van der Waals surface area (Å²) in [7, 11) is 4.11. The molecule has 22 nitrogen and oxygen atoms in total. The predicted molar refractivity (Wildman–Crippen MR) is 267 cm³/mol. The Morgan fingerprint density at radius 2 is 1.42 bits per heavy atom. The molecule has 3 heterocycles. The van der Waals surface area contributed by atoms with E-state index in [9.17, 15) is 55.2 Å². The van der Waals surface area contributed by atoms with E-state index in [-0.39, 0.29) is 76.6 Å². The predicted octanol–water partition coefficient (Wildman–Crippen LogP) is 1.87. The summed E-state index contributed by atoms with van der Waals surface area (Å²) in [6.07, 6.45) is -14.1. The normalized spacial score (nSPS) is 42.2. The molecule has 4 aliphatic carbocycles. The lowest BCUT2D eigenvalue weighted by Gasteiger charge is -2.59. The number of hydrogen-bond donors (Lipinski definition) is 8. The summed E-state index contributed by atoms with van der Waals surface area (Å²) in [5.74, 6) is -2.20. The van der Waals surface area contributed by atoms with Crippen molar-refractivity contribution in [2.75, 3.05) is 41.2 Å². The molecule has 0 spiro atoms. The van der Waals surface area contributed by atoms with Crippen molar-refractivity contribution in [2.24, 2.45) is 40.4 Å². The van der Waals surface area contributed by atoms with E-state index in [1.165, 1.54) is 39.0 Å². The molecule has 77 heavy (non-hydrogen) atoms. The van der Waals surface area contributed by atoms with Gasteiger partial charge in [-0.05, 0) is 92.6 Å². The highest BCUT2D eigenvalue weighted by Gasteiger charge is 2.71. The van der Waals surface area contributed by atoms with Gasteiger partial charge >= 0.3 is 11.9 Å². The van der Waals surface area contributed by atoms with E-state index >= 15 is 0 Å². The second-order valence-corrected chi connectivity index (χ2v) is 23.2. The lowest BCUT2D eigenvalue weighted by molar-refractivity contribution is -0.345. The van der Waals surface area contributed by atoms with Crippen LogP contribution in [0.3, 0.4) is 0 Å². The first-order valence-electron chi connectivity index (χ1n) is 27.1. The van der Waals surface area contributed by atoms with Crippen molar-refractivity contribution in [1.82, 2.24) is 0 Å². The molecule has 0 bridgehead atoms. The van der Waals surface area contributed by atoms with Crippen LogP contribution in [-0.4, -0.2) is 197 Å². The van der Waals surface area contributed by atoms with Crippen molar-refractivity contribution >= 4 is 17.7 Å². The van der Waals surface area contributed by atoms with Crippen LogP contribution in [0.4, 0.5) is 0 Å². The molecular formula is C55H82O22. The summed E-state index contributed by atoms with van der Waals surface area (Å²) >= 11 is 0. The molecule has 1 aromatic rings. The molecule has 22 heteroatoms. The number of ether oxygens (including phenoxy) is 11. The fraction of sp³-hybridized carbons (Fsp3) is 0.800. The Labute approximate surface area is 449 Å². The lowest BCUT2D eigenvalue weighted by atomic mass is 9.46. The quantitative estimate of drug-likeness (QED) is 0.0768. The van der Waals surface area contributed by atoms with Crippen LogP contribution in [0.15, 0.2) is 23.8 Å². The van der Waals surface area contributed by atoms with Gasteiger partial charge in [0.2, 0.25) is 5.75 Å². The van der Waals surface area contributed by atoms with Gasteiger partial charge in [0, 0.05) is 24.7 Å². The Hall–Kier alpha value is -3.59. The number of fused-ring (bicyclic) bond motifs is 5. The van der Waals surface area contributed by atoms with Crippen LogP contribution in [0.5, 0.6) is 17.2 Å². The summed E-state index contributed by atoms with van der Waals surface area (Å²) in [6, 6.07) is 2.66. The summed E-state index contributed by atoms with van der Waals surface area (Å²) in [5.41, 5.74) is -1.84. The van der Waals surface area contributed by atoms with Gasteiger partial charge in [0.05, 0.1) is 58.9 Å². The lowest BCUT2D eigenvalue weighted by Crippen LogP contribution is -2.64. The smallest absolute Gasteiger partial charge is 0.338 e. The Balaban J connectivity index is 1.06. The molecule has 0 radical (unpaired) electrons. The molecule has 0 unspecified atom stereocenters. The van der Waals surface area contributed by atoms with Gasteiger partial charge in [0.1, 0.15) is 60.2 Å². The van der Waals surface area contributed by atoms with Gasteiger partial charge in [-0.3, -0.25) is 9.59 Å². The van der Waals surface area contributed by atoms with E-state index in [1.54, 1.807) is 6.92 Å². The highest BCUT2D eigenvalue weighted by molar-refractivity contribution is 5.91. The van der Waals surface area contributed by atoms with Crippen molar-refractivity contribution in [3.8, 4) is 17.2 Å². The van der Waals surface area contributed by atoms with E-state index in [1.807, 2.05) is 20.8 Å². The molecule has 3 saturated carbocycles. The molecule has 7 aliphatic rings. The first-order valence-corrected chi connectivity index (χ1v) is 27.1. The van der Waals surface area contributed by atoms with Crippen LogP contribution in [0.2, 0.25) is 0 Å². The van der Waals surface area contributed by atoms with Crippen LogP contribution in [0.1, 0.15) is 110 Å².